The molecule has 0 bridgehead atoms. The zero-order valence-electron chi connectivity index (χ0n) is 54.4. The Morgan fingerprint density at radius 1 is 0.250 bits per heavy atom. The van der Waals surface area contributed by atoms with Gasteiger partial charge < -0.3 is 14.2 Å². The second kappa shape index (κ2) is 69.4. The molecule has 6 nitrogen and oxygen atoms in total. The summed E-state index contributed by atoms with van der Waals surface area (Å²) in [5.41, 5.74) is 0. The molecular weight excluding hydrogens is 985 g/mol. The van der Waals surface area contributed by atoms with Gasteiger partial charge in [-0.2, -0.15) is 0 Å². The molecule has 0 heterocycles. The fourth-order valence-electron chi connectivity index (χ4n) is 11.2. The van der Waals surface area contributed by atoms with Crippen molar-refractivity contribution in [3.63, 3.8) is 0 Å². The van der Waals surface area contributed by atoms with Crippen LogP contribution in [0.15, 0.2) is 24.3 Å². The van der Waals surface area contributed by atoms with E-state index >= 15 is 0 Å². The first-order valence-electron chi connectivity index (χ1n) is 36.3. The third-order valence-corrected chi connectivity index (χ3v) is 16.7. The Bertz CT molecular complexity index is 1290. The Kier molecular flexibility index (Phi) is 67.6. The van der Waals surface area contributed by atoms with Gasteiger partial charge in [0.05, 0.1) is 0 Å². The summed E-state index contributed by atoms with van der Waals surface area (Å²) in [7, 11) is 0. The molecule has 80 heavy (non-hydrogen) atoms. The predicted molar refractivity (Wildman–Crippen MR) is 349 cm³/mol. The zero-order valence-corrected chi connectivity index (χ0v) is 54.4. The van der Waals surface area contributed by atoms with Gasteiger partial charge in [0.25, 0.3) is 0 Å². The standard InChI is InChI=1S/C74H140O6/c1-4-7-10-13-16-19-22-25-28-30-32-33-34-35-36-37-38-39-40-41-42-44-46-49-52-55-58-61-64-67-73(76)79-70-71(69-78-72(75)66-63-60-57-54-51-48-45-27-24-21-18-15-12-9-6-3)80-74(77)68-65-62-59-56-53-50-47-43-31-29-26-23-20-17-14-11-8-5-2/h20,23,29,31,71H,4-19,21-22,24-28,30,32-70H2,1-3H3/b23-20-,31-29-. The number of carbonyl (C=O) groups is 3. The molecule has 0 aromatic carbocycles. The van der Waals surface area contributed by atoms with Crippen LogP contribution >= 0.6 is 0 Å². The molecule has 0 aliphatic carbocycles. The number of allylic oxidation sites excluding steroid dienone is 4. The minimum Gasteiger partial charge on any atom is -0.462 e. The highest BCUT2D eigenvalue weighted by molar-refractivity contribution is 5.71. The average Bonchev–Trinajstić information content (AvgIpc) is 3.46. The number of esters is 3. The Morgan fingerprint density at radius 3 is 0.700 bits per heavy atom. The molecule has 1 unspecified atom stereocenters. The fourth-order valence-corrected chi connectivity index (χ4v) is 11.2. The van der Waals surface area contributed by atoms with Crippen LogP contribution in [0, 0.1) is 0 Å². The van der Waals surface area contributed by atoms with Crippen molar-refractivity contribution < 1.29 is 28.6 Å². The van der Waals surface area contributed by atoms with Crippen molar-refractivity contribution in [3.8, 4) is 0 Å². The highest BCUT2D eigenvalue weighted by Gasteiger charge is 2.19. The highest BCUT2D eigenvalue weighted by atomic mass is 16.6. The monoisotopic (exact) mass is 1130 g/mol. The van der Waals surface area contributed by atoms with Crippen LogP contribution in [0.4, 0.5) is 0 Å². The molecule has 6 heteroatoms. The van der Waals surface area contributed by atoms with Gasteiger partial charge in [-0.15, -0.1) is 0 Å². The van der Waals surface area contributed by atoms with Gasteiger partial charge in [0.15, 0.2) is 6.10 Å². The maximum atomic E-state index is 12.9. The van der Waals surface area contributed by atoms with Gasteiger partial charge in [-0.25, -0.2) is 0 Å². The number of carbonyl (C=O) groups excluding carboxylic acids is 3. The summed E-state index contributed by atoms with van der Waals surface area (Å²) in [6.45, 7) is 6.70. The van der Waals surface area contributed by atoms with Crippen LogP contribution in [0.5, 0.6) is 0 Å². The summed E-state index contributed by atoms with van der Waals surface area (Å²) in [6, 6.07) is 0. The normalized spacial score (nSPS) is 12.1. The first-order chi connectivity index (χ1) is 39.5. The minimum absolute atomic E-state index is 0.0681. The van der Waals surface area contributed by atoms with E-state index in [9.17, 15) is 14.4 Å². The van der Waals surface area contributed by atoms with Crippen LogP contribution < -0.4 is 0 Å². The second-order valence-electron chi connectivity index (χ2n) is 24.9. The van der Waals surface area contributed by atoms with Gasteiger partial charge in [-0.3, -0.25) is 14.4 Å². The van der Waals surface area contributed by atoms with Crippen LogP contribution in [0.3, 0.4) is 0 Å². The molecule has 0 saturated heterocycles. The first kappa shape index (κ1) is 77.9. The maximum Gasteiger partial charge on any atom is 0.306 e. The van der Waals surface area contributed by atoms with E-state index in [1.165, 1.54) is 302 Å². The lowest BCUT2D eigenvalue weighted by Gasteiger charge is -2.18. The number of hydrogen-bond donors (Lipinski definition) is 0. The van der Waals surface area contributed by atoms with Gasteiger partial charge in [0.1, 0.15) is 13.2 Å². The molecule has 0 rings (SSSR count). The quantitative estimate of drug-likeness (QED) is 0.0261. The third-order valence-electron chi connectivity index (χ3n) is 16.7. The van der Waals surface area contributed by atoms with Crippen LogP contribution in [-0.2, 0) is 28.6 Å². The summed E-state index contributed by atoms with van der Waals surface area (Å²) in [5, 5.41) is 0. The van der Waals surface area contributed by atoms with Gasteiger partial charge in [0.2, 0.25) is 0 Å². The van der Waals surface area contributed by atoms with Gasteiger partial charge >= 0.3 is 17.9 Å². The van der Waals surface area contributed by atoms with Crippen molar-refractivity contribution in [1.29, 1.82) is 0 Å². The molecule has 0 amide bonds. The average molecular weight is 1130 g/mol. The third kappa shape index (κ3) is 66.7. The zero-order chi connectivity index (χ0) is 57.8. The van der Waals surface area contributed by atoms with E-state index in [1.807, 2.05) is 0 Å². The summed E-state index contributed by atoms with van der Waals surface area (Å²) in [6.07, 6.45) is 85.0. The van der Waals surface area contributed by atoms with Crippen molar-refractivity contribution in [1.82, 2.24) is 0 Å². The molecule has 0 aromatic rings. The maximum absolute atomic E-state index is 12.9. The minimum atomic E-state index is -0.773. The second-order valence-corrected chi connectivity index (χ2v) is 24.9. The number of ether oxygens (including phenoxy) is 3. The lowest BCUT2D eigenvalue weighted by Crippen LogP contribution is -2.30. The smallest absolute Gasteiger partial charge is 0.306 e. The largest absolute Gasteiger partial charge is 0.462 e. The van der Waals surface area contributed by atoms with E-state index < -0.39 is 6.10 Å². The van der Waals surface area contributed by atoms with E-state index in [-0.39, 0.29) is 31.1 Å². The lowest BCUT2D eigenvalue weighted by atomic mass is 10.0. The molecule has 0 fully saturated rings. The summed E-state index contributed by atoms with van der Waals surface area (Å²) in [4.78, 5) is 38.4. The first-order valence-corrected chi connectivity index (χ1v) is 36.3. The van der Waals surface area contributed by atoms with Gasteiger partial charge in [-0.1, -0.05) is 366 Å². The summed E-state index contributed by atoms with van der Waals surface area (Å²) >= 11 is 0. The fraction of sp³-hybridized carbons (Fsp3) is 0.905. The van der Waals surface area contributed by atoms with E-state index in [0.29, 0.717) is 19.3 Å². The topological polar surface area (TPSA) is 78.9 Å². The van der Waals surface area contributed by atoms with E-state index in [2.05, 4.69) is 45.1 Å². The Labute approximate surface area is 500 Å². The molecular formula is C74H140O6. The van der Waals surface area contributed by atoms with Crippen molar-refractivity contribution in [2.75, 3.05) is 13.2 Å². The molecule has 472 valence electrons. The Morgan fingerprint density at radius 2 is 0.450 bits per heavy atom. The molecule has 0 saturated carbocycles. The van der Waals surface area contributed by atoms with E-state index in [1.54, 1.807) is 0 Å². The van der Waals surface area contributed by atoms with Crippen molar-refractivity contribution in [2.45, 2.75) is 419 Å². The molecule has 0 radical (unpaired) electrons. The summed E-state index contributed by atoms with van der Waals surface area (Å²) < 4.78 is 17.0. The Hall–Kier alpha value is -2.11. The van der Waals surface area contributed by atoms with Crippen molar-refractivity contribution in [3.05, 3.63) is 24.3 Å². The van der Waals surface area contributed by atoms with E-state index in [4.69, 9.17) is 14.2 Å². The van der Waals surface area contributed by atoms with Crippen LogP contribution in [-0.4, -0.2) is 37.2 Å². The summed E-state index contributed by atoms with van der Waals surface area (Å²) in [5.74, 6) is -0.842. The number of hydrogen-bond acceptors (Lipinski definition) is 6. The predicted octanol–water partition coefficient (Wildman–Crippen LogP) is 25.0. The lowest BCUT2D eigenvalue weighted by molar-refractivity contribution is -0.167. The molecule has 1 atom stereocenters. The van der Waals surface area contributed by atoms with Crippen molar-refractivity contribution >= 4 is 17.9 Å². The van der Waals surface area contributed by atoms with E-state index in [0.717, 1.165) is 70.6 Å². The van der Waals surface area contributed by atoms with Crippen LogP contribution in [0.25, 0.3) is 0 Å². The Balaban J connectivity index is 4.19. The highest BCUT2D eigenvalue weighted by Crippen LogP contribution is 2.19. The molecule has 0 N–H and O–H groups in total. The number of unbranched alkanes of at least 4 members (excludes halogenated alkanes) is 53. The molecule has 0 aromatic heterocycles. The van der Waals surface area contributed by atoms with Crippen LogP contribution in [0.1, 0.15) is 412 Å². The molecule has 0 aliphatic rings. The van der Waals surface area contributed by atoms with Crippen molar-refractivity contribution in [2.24, 2.45) is 0 Å². The SMILES string of the molecule is CCCCCC/C=C\C/C=C\CCCCCCCCCC(=O)OC(COC(=O)CCCCCCCCCCCCCCCCC)COC(=O)CCCCCCCCCCCCCCCCCCCCCCCCCCCCCCC. The van der Waals surface area contributed by atoms with Gasteiger partial charge in [-0.05, 0) is 51.4 Å². The van der Waals surface area contributed by atoms with Gasteiger partial charge in [0, 0.05) is 19.3 Å². The number of rotatable bonds is 68. The van der Waals surface area contributed by atoms with Crippen LogP contribution in [0.2, 0.25) is 0 Å². The molecule has 0 spiro atoms. The molecule has 0 aliphatic heterocycles.